The van der Waals surface area contributed by atoms with E-state index in [4.69, 9.17) is 4.18 Å². The average Bonchev–Trinajstić information content (AvgIpc) is 4.01. The van der Waals surface area contributed by atoms with Gasteiger partial charge in [-0.3, -0.25) is 4.79 Å². The van der Waals surface area contributed by atoms with Crippen LogP contribution in [0.3, 0.4) is 0 Å². The van der Waals surface area contributed by atoms with Crippen molar-refractivity contribution in [1.29, 1.82) is 0 Å². The van der Waals surface area contributed by atoms with Crippen LogP contribution in [-0.4, -0.2) is 56.1 Å². The number of anilines is 1. The van der Waals surface area contributed by atoms with Gasteiger partial charge in [0.05, 0.1) is 22.3 Å². The van der Waals surface area contributed by atoms with E-state index in [2.05, 4.69) is 42.7 Å². The summed E-state index contributed by atoms with van der Waals surface area (Å²) in [5, 5.41) is -0.812. The molecule has 5 aliphatic carbocycles. The first-order chi connectivity index (χ1) is 24.9. The summed E-state index contributed by atoms with van der Waals surface area (Å²) >= 11 is 0. The van der Waals surface area contributed by atoms with Crippen molar-refractivity contribution in [2.45, 2.75) is 135 Å². The molecule has 7 nitrogen and oxygen atoms in total. The van der Waals surface area contributed by atoms with Crippen LogP contribution in [0.2, 0.25) is 0 Å². The smallest absolute Gasteiger partial charge is 0.353 e. The molecule has 1 aromatic carbocycles. The predicted octanol–water partition coefficient (Wildman–Crippen LogP) is 8.80. The van der Waals surface area contributed by atoms with Crippen LogP contribution in [0.4, 0.5) is 5.69 Å². The Kier molecular flexibility index (Phi) is 8.41. The number of benzene rings is 1. The number of likely N-dealkylation sites (tertiary alicyclic amines) is 1. The molecule has 52 heavy (non-hydrogen) atoms. The summed E-state index contributed by atoms with van der Waals surface area (Å²) < 4.78 is 30.5. The Morgan fingerprint density at radius 3 is 2.48 bits per heavy atom. The first-order valence-electron chi connectivity index (χ1n) is 21.0. The summed E-state index contributed by atoms with van der Waals surface area (Å²) in [5.74, 6) is 3.39. The molecule has 282 valence electrons. The van der Waals surface area contributed by atoms with Gasteiger partial charge >= 0.3 is 16.1 Å². The van der Waals surface area contributed by atoms with E-state index in [1.54, 1.807) is 17.2 Å². The quantitative estimate of drug-likeness (QED) is 0.237. The maximum Gasteiger partial charge on any atom is 0.353 e. The highest BCUT2D eigenvalue weighted by molar-refractivity contribution is 7.87. The van der Waals surface area contributed by atoms with Crippen LogP contribution in [0.5, 0.6) is 0 Å². The summed E-state index contributed by atoms with van der Waals surface area (Å²) in [4.78, 5) is 33.6. The molecule has 9 unspecified atom stereocenters. The van der Waals surface area contributed by atoms with Crippen LogP contribution in [0.15, 0.2) is 41.0 Å². The van der Waals surface area contributed by atoms with Crippen molar-refractivity contribution in [3.63, 3.8) is 0 Å². The molecule has 4 saturated carbocycles. The van der Waals surface area contributed by atoms with E-state index in [0.717, 1.165) is 44.0 Å². The van der Waals surface area contributed by atoms with Crippen LogP contribution < -0.4 is 4.90 Å². The summed E-state index contributed by atoms with van der Waals surface area (Å²) in [6, 6.07) is 5.97. The zero-order valence-corrected chi connectivity index (χ0v) is 33.0. The van der Waals surface area contributed by atoms with Gasteiger partial charge in [-0.25, -0.2) is 4.79 Å². The highest BCUT2D eigenvalue weighted by atomic mass is 32.2. The van der Waals surface area contributed by atoms with E-state index in [1.807, 2.05) is 6.07 Å². The molecule has 1 saturated heterocycles. The lowest BCUT2D eigenvalue weighted by Gasteiger charge is -2.45. The maximum absolute atomic E-state index is 15.3. The molecule has 9 rings (SSSR count). The van der Waals surface area contributed by atoms with Crippen molar-refractivity contribution in [2.24, 2.45) is 46.3 Å². The normalized spacial score (nSPS) is 36.8. The molecule has 9 atom stereocenters. The van der Waals surface area contributed by atoms with Gasteiger partial charge < -0.3 is 14.0 Å². The second-order valence-corrected chi connectivity index (χ2v) is 21.2. The fraction of sp³-hybridized carbons (Fsp3) is 0.727. The Morgan fingerprint density at radius 1 is 1.04 bits per heavy atom. The highest BCUT2D eigenvalue weighted by Crippen LogP contribution is 2.67. The minimum Gasteiger partial charge on any atom is -0.363 e. The minimum atomic E-state index is -4.02. The maximum atomic E-state index is 15.3. The number of carbonyl (C=O) groups is 2. The molecule has 3 heterocycles. The van der Waals surface area contributed by atoms with E-state index in [0.29, 0.717) is 47.5 Å². The largest absolute Gasteiger partial charge is 0.363 e. The molecule has 0 spiro atoms. The van der Waals surface area contributed by atoms with Crippen molar-refractivity contribution in [3.8, 4) is 0 Å². The van der Waals surface area contributed by atoms with Crippen LogP contribution in [-0.2, 0) is 19.1 Å². The first kappa shape index (κ1) is 35.1. The molecule has 1 amide bonds. The van der Waals surface area contributed by atoms with Crippen molar-refractivity contribution < 1.29 is 22.2 Å². The first-order valence-corrected chi connectivity index (χ1v) is 22.4. The number of nitrogens with zero attached hydrogens (tertiary/aromatic N) is 2. The Balaban J connectivity index is 1.13. The van der Waals surface area contributed by atoms with Gasteiger partial charge in [-0.1, -0.05) is 64.2 Å². The number of allylic oxidation sites excluding steroid dienone is 3. The Bertz CT molecular complexity index is 1840. The van der Waals surface area contributed by atoms with Gasteiger partial charge in [0.25, 0.3) is 0 Å². The third kappa shape index (κ3) is 5.48. The topological polar surface area (TPSA) is 84.0 Å². The zero-order valence-electron chi connectivity index (χ0n) is 32.2. The van der Waals surface area contributed by atoms with Gasteiger partial charge in [-0.05, 0) is 135 Å². The monoisotopic (exact) mass is 728 g/mol. The number of amides is 1. The lowest BCUT2D eigenvalue weighted by molar-refractivity contribution is -0.136. The molecular weight excluding hydrogens is 669 g/mol. The number of hydrogen-bond donors (Lipinski definition) is 0. The van der Waals surface area contributed by atoms with Gasteiger partial charge in [0.1, 0.15) is 0 Å². The SMILES string of the molecule is CCC(C)CC12CCC1CN(C(=O)C13CC1C1=C(CCC(C4CC4C)=C1)C1C(C4CCCCC4)c4ccc(C(=O)OS(=O)(=O)C(C)C)cc4N1C3)C2. The van der Waals surface area contributed by atoms with Gasteiger partial charge in [-0.2, -0.15) is 8.42 Å². The zero-order chi connectivity index (χ0) is 36.3. The van der Waals surface area contributed by atoms with Gasteiger partial charge in [0.15, 0.2) is 0 Å². The minimum absolute atomic E-state index is 0.164. The van der Waals surface area contributed by atoms with E-state index in [-0.39, 0.29) is 17.5 Å². The van der Waals surface area contributed by atoms with Crippen LogP contribution >= 0.6 is 0 Å². The van der Waals surface area contributed by atoms with Crippen molar-refractivity contribution in [1.82, 2.24) is 4.90 Å². The van der Waals surface area contributed by atoms with Crippen molar-refractivity contribution >= 4 is 27.7 Å². The van der Waals surface area contributed by atoms with E-state index in [1.165, 1.54) is 89.2 Å². The molecule has 0 N–H and O–H groups in total. The number of carbonyl (C=O) groups excluding carboxylic acids is 2. The number of fused-ring (bicyclic) bond motifs is 7. The lowest BCUT2D eigenvalue weighted by atomic mass is 9.58. The fourth-order valence-corrected chi connectivity index (χ4v) is 12.7. The second-order valence-electron chi connectivity index (χ2n) is 19.1. The predicted molar refractivity (Wildman–Crippen MR) is 204 cm³/mol. The lowest BCUT2D eigenvalue weighted by Crippen LogP contribution is -2.46. The molecule has 0 bridgehead atoms. The average molecular weight is 729 g/mol. The number of hydrogen-bond acceptors (Lipinski definition) is 6. The molecule has 5 fully saturated rings. The second kappa shape index (κ2) is 12.5. The Labute approximate surface area is 312 Å². The van der Waals surface area contributed by atoms with Gasteiger partial charge in [-0.15, -0.1) is 0 Å². The molecule has 0 aromatic heterocycles. The fourth-order valence-electron chi connectivity index (χ4n) is 12.2. The number of rotatable bonds is 9. The third-order valence-corrected chi connectivity index (χ3v) is 17.3. The highest BCUT2D eigenvalue weighted by Gasteiger charge is 2.68. The summed E-state index contributed by atoms with van der Waals surface area (Å²) in [6.07, 6.45) is 18.0. The summed E-state index contributed by atoms with van der Waals surface area (Å²) in [5.41, 5.74) is 7.02. The summed E-state index contributed by atoms with van der Waals surface area (Å²) in [7, 11) is -4.02. The Morgan fingerprint density at radius 2 is 1.81 bits per heavy atom. The van der Waals surface area contributed by atoms with E-state index < -0.39 is 26.8 Å². The van der Waals surface area contributed by atoms with Gasteiger partial charge in [0, 0.05) is 37.2 Å². The standard InChI is InChI=1S/C44H60N2O5S/c1-6-27(4)21-43-17-16-32(43)23-45(24-43)42(48)44-22-37(44)36-19-30(35-18-28(35)5)12-14-33(36)40-39(29-10-8-7-9-11-29)34-15-13-31(20-38(34)46(40)25-44)41(47)51-52(49,50)26(2)3/h13,15,19-20,26-29,32,35,37,39-40H,6-12,14,16-18,21-25H2,1-5H3. The van der Waals surface area contributed by atoms with E-state index in [9.17, 15) is 13.2 Å². The van der Waals surface area contributed by atoms with Crippen LogP contribution in [0.25, 0.3) is 0 Å². The molecule has 0 radical (unpaired) electrons. The van der Waals surface area contributed by atoms with Crippen LogP contribution in [0, 0.1) is 46.3 Å². The Hall–Kier alpha value is -2.61. The van der Waals surface area contributed by atoms with Gasteiger partial charge in [0.2, 0.25) is 5.91 Å². The van der Waals surface area contributed by atoms with E-state index >= 15 is 4.79 Å². The van der Waals surface area contributed by atoms with Crippen LogP contribution in [0.1, 0.15) is 140 Å². The summed E-state index contributed by atoms with van der Waals surface area (Å²) in [6.45, 7) is 12.6. The molecule has 1 aromatic rings. The van der Waals surface area contributed by atoms with Crippen molar-refractivity contribution in [3.05, 3.63) is 52.1 Å². The molecular formula is C44H60N2O5S. The van der Waals surface area contributed by atoms with Crippen molar-refractivity contribution in [2.75, 3.05) is 24.5 Å². The molecule has 8 aliphatic rings. The molecule has 3 aliphatic heterocycles. The third-order valence-electron chi connectivity index (χ3n) is 15.7. The molecule has 8 heteroatoms.